The third kappa shape index (κ3) is 3.86. The summed E-state index contributed by atoms with van der Waals surface area (Å²) in [6.07, 6.45) is 2.83. The summed E-state index contributed by atoms with van der Waals surface area (Å²) < 4.78 is 6.94. The van der Waals surface area contributed by atoms with Gasteiger partial charge in [-0.1, -0.05) is 11.8 Å². The highest BCUT2D eigenvalue weighted by Gasteiger charge is 2.02. The summed E-state index contributed by atoms with van der Waals surface area (Å²) in [5.74, 6) is 2.05. The summed E-state index contributed by atoms with van der Waals surface area (Å²) in [5, 5.41) is 14.4. The number of aryl methyl sites for hydroxylation is 1. The van der Waals surface area contributed by atoms with Crippen LogP contribution in [0, 0.1) is 0 Å². The first-order valence-electron chi connectivity index (χ1n) is 5.55. The minimum atomic E-state index is 0.871. The van der Waals surface area contributed by atoms with Gasteiger partial charge in [-0.05, 0) is 22.6 Å². The summed E-state index contributed by atoms with van der Waals surface area (Å²) in [5.41, 5.74) is 0. The second-order valence-corrected chi connectivity index (χ2v) is 4.71. The monoisotopic (exact) mass is 254 g/mol. The zero-order chi connectivity index (χ0) is 11.9. The highest BCUT2D eigenvalue weighted by molar-refractivity contribution is 7.99. The van der Waals surface area contributed by atoms with Gasteiger partial charge >= 0.3 is 0 Å². The molecule has 6 nitrogen and oxygen atoms in total. The van der Waals surface area contributed by atoms with Gasteiger partial charge in [-0.25, -0.2) is 4.68 Å². The highest BCUT2D eigenvalue weighted by Crippen LogP contribution is 2.12. The first-order chi connectivity index (χ1) is 8.36. The molecule has 2 rings (SSSR count). The third-order valence-electron chi connectivity index (χ3n) is 2.29. The van der Waals surface area contributed by atoms with Crippen LogP contribution in [0.1, 0.15) is 12.2 Å². The summed E-state index contributed by atoms with van der Waals surface area (Å²) in [4.78, 5) is 0. The number of hydrogen-bond acceptors (Lipinski definition) is 5. The molecule has 0 aliphatic carbocycles. The van der Waals surface area contributed by atoms with Gasteiger partial charge in [0.2, 0.25) is 5.16 Å². The van der Waals surface area contributed by atoms with E-state index in [-0.39, 0.29) is 0 Å². The van der Waals surface area contributed by atoms with E-state index in [1.807, 2.05) is 19.2 Å². The van der Waals surface area contributed by atoms with Gasteiger partial charge in [0.1, 0.15) is 6.54 Å². The molecule has 2 aromatic rings. The second kappa shape index (κ2) is 6.41. The van der Waals surface area contributed by atoms with Crippen molar-refractivity contribution in [1.82, 2.24) is 20.2 Å². The van der Waals surface area contributed by atoms with Gasteiger partial charge in [0.15, 0.2) is 5.76 Å². The zero-order valence-electron chi connectivity index (χ0n) is 9.74. The van der Waals surface area contributed by atoms with Crippen molar-refractivity contribution in [2.75, 3.05) is 12.3 Å². The normalized spacial score (nSPS) is 10.9. The third-order valence-corrected chi connectivity index (χ3v) is 3.39. The quantitative estimate of drug-likeness (QED) is 0.558. The van der Waals surface area contributed by atoms with Crippen LogP contribution in [-0.2, 0) is 13.6 Å². The van der Waals surface area contributed by atoms with Gasteiger partial charge in [0.05, 0.1) is 12.8 Å². The van der Waals surface area contributed by atoms with Gasteiger partial charge in [0, 0.05) is 19.2 Å². The smallest absolute Gasteiger partial charge is 0.209 e. The number of rotatable bonds is 7. The number of quaternary nitrogens is 1. The molecule has 0 saturated heterocycles. The Balaban J connectivity index is 1.54. The van der Waals surface area contributed by atoms with Crippen LogP contribution < -0.4 is 5.32 Å². The van der Waals surface area contributed by atoms with Crippen LogP contribution in [0.25, 0.3) is 0 Å². The summed E-state index contributed by atoms with van der Waals surface area (Å²) in [6, 6.07) is 3.91. The van der Waals surface area contributed by atoms with Crippen LogP contribution in [0.4, 0.5) is 0 Å². The number of hydrogen-bond donors (Lipinski definition) is 1. The Morgan fingerprint density at radius 3 is 3.18 bits per heavy atom. The van der Waals surface area contributed by atoms with E-state index in [1.54, 1.807) is 22.7 Å². The van der Waals surface area contributed by atoms with Gasteiger partial charge in [-0.3, -0.25) is 0 Å². The van der Waals surface area contributed by atoms with Crippen molar-refractivity contribution in [3.05, 3.63) is 24.2 Å². The summed E-state index contributed by atoms with van der Waals surface area (Å²) >= 11 is 1.69. The van der Waals surface area contributed by atoms with E-state index in [0.717, 1.165) is 36.2 Å². The van der Waals surface area contributed by atoms with Crippen molar-refractivity contribution in [2.45, 2.75) is 18.1 Å². The van der Waals surface area contributed by atoms with Crippen LogP contribution in [0.5, 0.6) is 0 Å². The van der Waals surface area contributed by atoms with Crippen LogP contribution in [0.3, 0.4) is 0 Å². The topological polar surface area (TPSA) is 73.3 Å². The number of nitrogens with zero attached hydrogens (tertiary/aromatic N) is 4. The molecule has 0 amide bonds. The number of thioether (sulfide) groups is 1. The molecule has 0 saturated carbocycles. The van der Waals surface area contributed by atoms with E-state index in [0.29, 0.717) is 0 Å². The molecule has 2 aromatic heterocycles. The maximum Gasteiger partial charge on any atom is 0.209 e. The molecule has 0 aliphatic rings. The average Bonchev–Trinajstić information content (AvgIpc) is 2.95. The zero-order valence-corrected chi connectivity index (χ0v) is 10.6. The van der Waals surface area contributed by atoms with Crippen molar-refractivity contribution in [1.29, 1.82) is 0 Å². The molecule has 0 fully saturated rings. The molecule has 0 atom stereocenters. The number of aromatic nitrogens is 4. The largest absolute Gasteiger partial charge is 0.463 e. The summed E-state index contributed by atoms with van der Waals surface area (Å²) in [6.45, 7) is 1.99. The molecule has 0 aliphatic heterocycles. The van der Waals surface area contributed by atoms with Crippen LogP contribution in [0.15, 0.2) is 28.0 Å². The molecule has 17 heavy (non-hydrogen) atoms. The first-order valence-corrected chi connectivity index (χ1v) is 6.54. The van der Waals surface area contributed by atoms with E-state index in [2.05, 4.69) is 20.8 Å². The van der Waals surface area contributed by atoms with Crippen LogP contribution in [0.2, 0.25) is 0 Å². The SMILES string of the molecule is Cn1nnnc1SCCC[NH2+]Cc1ccco1. The van der Waals surface area contributed by atoms with Crippen LogP contribution >= 0.6 is 11.8 Å². The Morgan fingerprint density at radius 2 is 2.47 bits per heavy atom. The molecular weight excluding hydrogens is 238 g/mol. The Hall–Kier alpha value is -1.34. The summed E-state index contributed by atoms with van der Waals surface area (Å²) in [7, 11) is 1.85. The fourth-order valence-corrected chi connectivity index (χ4v) is 2.22. The fourth-order valence-electron chi connectivity index (χ4n) is 1.41. The van der Waals surface area contributed by atoms with E-state index in [4.69, 9.17) is 4.42 Å². The van der Waals surface area contributed by atoms with E-state index in [9.17, 15) is 0 Å². The predicted molar refractivity (Wildman–Crippen MR) is 63.3 cm³/mol. The van der Waals surface area contributed by atoms with Crippen molar-refractivity contribution < 1.29 is 9.73 Å². The lowest BCUT2D eigenvalue weighted by Gasteiger charge is -1.99. The van der Waals surface area contributed by atoms with Gasteiger partial charge in [0.25, 0.3) is 0 Å². The maximum absolute atomic E-state index is 5.25. The molecular formula is C10H16N5OS+. The maximum atomic E-state index is 5.25. The van der Waals surface area contributed by atoms with E-state index >= 15 is 0 Å². The van der Waals surface area contributed by atoms with Gasteiger partial charge < -0.3 is 9.73 Å². The Labute approximate surface area is 104 Å². The molecule has 0 spiro atoms. The Kier molecular flexibility index (Phi) is 4.57. The predicted octanol–water partition coefficient (Wildman–Crippen LogP) is 0.0489. The second-order valence-electron chi connectivity index (χ2n) is 3.65. The van der Waals surface area contributed by atoms with E-state index < -0.39 is 0 Å². The lowest BCUT2D eigenvalue weighted by molar-refractivity contribution is -0.672. The highest BCUT2D eigenvalue weighted by atomic mass is 32.2. The fraction of sp³-hybridized carbons (Fsp3) is 0.500. The van der Waals surface area contributed by atoms with Crippen LogP contribution in [-0.4, -0.2) is 32.5 Å². The molecule has 7 heteroatoms. The molecule has 2 N–H and O–H groups in total. The van der Waals surface area contributed by atoms with Crippen molar-refractivity contribution >= 4 is 11.8 Å². The molecule has 0 aromatic carbocycles. The molecule has 0 unspecified atom stereocenters. The van der Waals surface area contributed by atoms with Gasteiger partial charge in [-0.15, -0.1) is 5.10 Å². The molecule has 92 valence electrons. The van der Waals surface area contributed by atoms with Crippen molar-refractivity contribution in [3.8, 4) is 0 Å². The Bertz CT molecular complexity index is 428. The molecule has 0 radical (unpaired) electrons. The van der Waals surface area contributed by atoms with Crippen molar-refractivity contribution in [3.63, 3.8) is 0 Å². The lowest BCUT2D eigenvalue weighted by atomic mass is 10.4. The Morgan fingerprint density at radius 1 is 1.53 bits per heavy atom. The number of tetrazole rings is 1. The van der Waals surface area contributed by atoms with E-state index in [1.165, 1.54) is 0 Å². The van der Waals surface area contributed by atoms with Crippen molar-refractivity contribution in [2.24, 2.45) is 7.05 Å². The average molecular weight is 254 g/mol. The first kappa shape index (κ1) is 12.1. The molecule has 0 bridgehead atoms. The number of nitrogens with two attached hydrogens (primary N) is 1. The minimum Gasteiger partial charge on any atom is -0.463 e. The standard InChI is InChI=1S/C10H15N5OS/c1-15-10(12-13-14-15)17-7-3-5-11-8-9-4-2-6-16-9/h2,4,6,11H,3,5,7-8H2,1H3/p+1. The molecule has 2 heterocycles. The minimum absolute atomic E-state index is 0.871. The van der Waals surface area contributed by atoms with Gasteiger partial charge in [-0.2, -0.15) is 0 Å². The lowest BCUT2D eigenvalue weighted by Crippen LogP contribution is -2.82. The number of furan rings is 1.